The topological polar surface area (TPSA) is 41.6 Å². The van der Waals surface area contributed by atoms with E-state index in [-0.39, 0.29) is 11.9 Å². The van der Waals surface area contributed by atoms with Crippen LogP contribution in [0.5, 0.6) is 0 Å². The summed E-state index contributed by atoms with van der Waals surface area (Å²) < 4.78 is 5.40. The highest BCUT2D eigenvalue weighted by Gasteiger charge is 2.16. The lowest BCUT2D eigenvalue weighted by Crippen LogP contribution is -2.36. The molecule has 0 radical (unpaired) electrons. The van der Waals surface area contributed by atoms with Crippen LogP contribution in [0.1, 0.15) is 52.9 Å². The van der Waals surface area contributed by atoms with Crippen molar-refractivity contribution in [2.45, 2.75) is 38.6 Å². The van der Waals surface area contributed by atoms with Crippen LogP contribution in [0.15, 0.2) is 42.5 Å². The molecule has 1 heterocycles. The molecule has 4 heteroatoms. The van der Waals surface area contributed by atoms with Crippen molar-refractivity contribution in [2.24, 2.45) is 0 Å². The smallest absolute Gasteiger partial charge is 0.251 e. The highest BCUT2D eigenvalue weighted by atomic mass is 16.5. The van der Waals surface area contributed by atoms with Gasteiger partial charge in [0.25, 0.3) is 5.91 Å². The molecule has 1 N–H and O–H groups in total. The summed E-state index contributed by atoms with van der Waals surface area (Å²) in [6.07, 6.45) is 4.91. The van der Waals surface area contributed by atoms with Gasteiger partial charge in [-0.2, -0.15) is 0 Å². The summed E-state index contributed by atoms with van der Waals surface area (Å²) in [5, 5.41) is 3.15. The van der Waals surface area contributed by atoms with E-state index in [2.05, 4.69) is 35.3 Å². The van der Waals surface area contributed by atoms with Gasteiger partial charge in [0.15, 0.2) is 0 Å². The minimum Gasteiger partial charge on any atom is -0.378 e. The van der Waals surface area contributed by atoms with Gasteiger partial charge in [-0.3, -0.25) is 4.79 Å². The first kappa shape index (κ1) is 18.1. The van der Waals surface area contributed by atoms with Crippen molar-refractivity contribution in [1.29, 1.82) is 0 Å². The number of anilines is 1. The molecule has 1 saturated heterocycles. The monoisotopic (exact) mass is 364 g/mol. The molecular formula is C23H28N2O2. The zero-order valence-electron chi connectivity index (χ0n) is 16.0. The normalized spacial score (nSPS) is 17.9. The Bertz CT molecular complexity index is 795. The third-order valence-corrected chi connectivity index (χ3v) is 5.73. The highest BCUT2D eigenvalue weighted by Crippen LogP contribution is 2.25. The van der Waals surface area contributed by atoms with Gasteiger partial charge < -0.3 is 15.0 Å². The number of nitrogens with one attached hydrogen (secondary N) is 1. The molecule has 2 aromatic rings. The van der Waals surface area contributed by atoms with Gasteiger partial charge in [0.05, 0.1) is 19.3 Å². The quantitative estimate of drug-likeness (QED) is 0.895. The summed E-state index contributed by atoms with van der Waals surface area (Å²) >= 11 is 0. The second-order valence-electron chi connectivity index (χ2n) is 7.58. The molecule has 1 unspecified atom stereocenters. The van der Waals surface area contributed by atoms with Gasteiger partial charge in [-0.15, -0.1) is 0 Å². The molecule has 142 valence electrons. The van der Waals surface area contributed by atoms with Crippen LogP contribution in [-0.4, -0.2) is 32.2 Å². The van der Waals surface area contributed by atoms with Crippen LogP contribution in [0.4, 0.5) is 5.69 Å². The summed E-state index contributed by atoms with van der Waals surface area (Å²) in [7, 11) is 0. The highest BCUT2D eigenvalue weighted by molar-refractivity contribution is 5.94. The molecule has 4 nitrogen and oxygen atoms in total. The molecule has 2 aromatic carbocycles. The SMILES string of the molecule is CC(NC(=O)c1ccc(N2CCOCC2)cc1)c1ccc2c(c1)CCCC2. The van der Waals surface area contributed by atoms with Crippen molar-refractivity contribution in [3.05, 3.63) is 64.7 Å². The van der Waals surface area contributed by atoms with Crippen LogP contribution in [0.3, 0.4) is 0 Å². The Hall–Kier alpha value is -2.33. The van der Waals surface area contributed by atoms with Gasteiger partial charge >= 0.3 is 0 Å². The fourth-order valence-electron chi connectivity index (χ4n) is 4.03. The lowest BCUT2D eigenvalue weighted by Gasteiger charge is -2.28. The van der Waals surface area contributed by atoms with Crippen LogP contribution in [0, 0.1) is 0 Å². The number of ether oxygens (including phenoxy) is 1. The van der Waals surface area contributed by atoms with Crippen molar-refractivity contribution < 1.29 is 9.53 Å². The zero-order chi connectivity index (χ0) is 18.6. The molecule has 1 fully saturated rings. The van der Waals surface area contributed by atoms with Gasteiger partial charge in [-0.25, -0.2) is 0 Å². The maximum atomic E-state index is 12.7. The Morgan fingerprint density at radius 1 is 1.00 bits per heavy atom. The number of carbonyl (C=O) groups excluding carboxylic acids is 1. The van der Waals surface area contributed by atoms with Crippen molar-refractivity contribution in [2.75, 3.05) is 31.2 Å². The number of fused-ring (bicyclic) bond motifs is 1. The molecule has 1 amide bonds. The van der Waals surface area contributed by atoms with Gasteiger partial charge in [-0.1, -0.05) is 18.2 Å². The predicted molar refractivity (Wildman–Crippen MR) is 108 cm³/mol. The fourth-order valence-corrected chi connectivity index (χ4v) is 4.03. The number of hydrogen-bond donors (Lipinski definition) is 1. The van der Waals surface area contributed by atoms with Crippen molar-refractivity contribution >= 4 is 11.6 Å². The molecule has 1 aliphatic carbocycles. The second kappa shape index (κ2) is 8.13. The van der Waals surface area contributed by atoms with Crippen LogP contribution in [0.25, 0.3) is 0 Å². The van der Waals surface area contributed by atoms with E-state index >= 15 is 0 Å². The molecule has 0 aromatic heterocycles. The summed E-state index contributed by atoms with van der Waals surface area (Å²) in [5.41, 5.74) is 5.97. The van der Waals surface area contributed by atoms with Crippen LogP contribution >= 0.6 is 0 Å². The van der Waals surface area contributed by atoms with E-state index in [0.717, 1.165) is 38.4 Å². The van der Waals surface area contributed by atoms with Crippen LogP contribution in [0.2, 0.25) is 0 Å². The summed E-state index contributed by atoms with van der Waals surface area (Å²) in [4.78, 5) is 15.0. The largest absolute Gasteiger partial charge is 0.378 e. The standard InChI is InChI=1S/C23H28N2O2/c1-17(20-7-6-18-4-2-3-5-21(18)16-20)24-23(26)19-8-10-22(11-9-19)25-12-14-27-15-13-25/h6-11,16-17H,2-5,12-15H2,1H3,(H,24,26). The Morgan fingerprint density at radius 2 is 1.70 bits per heavy atom. The van der Waals surface area contributed by atoms with E-state index < -0.39 is 0 Å². The first-order chi connectivity index (χ1) is 13.2. The minimum atomic E-state index is -0.0197. The number of amides is 1. The van der Waals surface area contributed by atoms with Gasteiger partial charge in [0.2, 0.25) is 0 Å². The lowest BCUT2D eigenvalue weighted by atomic mass is 9.89. The lowest BCUT2D eigenvalue weighted by molar-refractivity contribution is 0.0940. The minimum absolute atomic E-state index is 0.00338. The number of nitrogens with zero attached hydrogens (tertiary/aromatic N) is 1. The average Bonchev–Trinajstić information content (AvgIpc) is 2.74. The Kier molecular flexibility index (Phi) is 5.44. The molecule has 1 aliphatic heterocycles. The Labute approximate surface area is 161 Å². The van der Waals surface area contributed by atoms with Gasteiger partial charge in [0.1, 0.15) is 0 Å². The molecule has 2 aliphatic rings. The summed E-state index contributed by atoms with van der Waals surface area (Å²) in [6, 6.07) is 14.6. The predicted octanol–water partition coefficient (Wildman–Crippen LogP) is 3.89. The first-order valence-corrected chi connectivity index (χ1v) is 10.1. The number of hydrogen-bond acceptors (Lipinski definition) is 3. The number of rotatable bonds is 4. The molecule has 27 heavy (non-hydrogen) atoms. The van der Waals surface area contributed by atoms with Crippen molar-refractivity contribution in [3.8, 4) is 0 Å². The van der Waals surface area contributed by atoms with Gasteiger partial charge in [-0.05, 0) is 73.6 Å². The van der Waals surface area contributed by atoms with Gasteiger partial charge in [0, 0.05) is 24.3 Å². The van der Waals surface area contributed by atoms with E-state index in [0.29, 0.717) is 5.56 Å². The second-order valence-corrected chi connectivity index (χ2v) is 7.58. The number of benzene rings is 2. The third-order valence-electron chi connectivity index (χ3n) is 5.73. The van der Waals surface area contributed by atoms with Crippen molar-refractivity contribution in [3.63, 3.8) is 0 Å². The summed E-state index contributed by atoms with van der Waals surface area (Å²) in [6.45, 7) is 5.40. The van der Waals surface area contributed by atoms with E-state index in [1.54, 1.807) is 0 Å². The van der Waals surface area contributed by atoms with Crippen LogP contribution < -0.4 is 10.2 Å². The molecule has 0 bridgehead atoms. The zero-order valence-corrected chi connectivity index (χ0v) is 16.0. The maximum Gasteiger partial charge on any atom is 0.251 e. The average molecular weight is 364 g/mol. The molecule has 4 rings (SSSR count). The van der Waals surface area contributed by atoms with Crippen LogP contribution in [-0.2, 0) is 17.6 Å². The Morgan fingerprint density at radius 3 is 2.44 bits per heavy atom. The van der Waals surface area contributed by atoms with Crippen molar-refractivity contribution in [1.82, 2.24) is 5.32 Å². The molecule has 0 saturated carbocycles. The number of morpholine rings is 1. The van der Waals surface area contributed by atoms with E-state index in [4.69, 9.17) is 4.74 Å². The number of carbonyl (C=O) groups is 1. The first-order valence-electron chi connectivity index (χ1n) is 10.1. The maximum absolute atomic E-state index is 12.7. The Balaban J connectivity index is 1.40. The van der Waals surface area contributed by atoms with E-state index in [1.165, 1.54) is 36.0 Å². The van der Waals surface area contributed by atoms with E-state index in [1.807, 2.05) is 24.3 Å². The number of aryl methyl sites for hydroxylation is 2. The molecule has 0 spiro atoms. The third kappa shape index (κ3) is 4.16. The van der Waals surface area contributed by atoms with E-state index in [9.17, 15) is 4.79 Å². The molecule has 1 atom stereocenters. The summed E-state index contributed by atoms with van der Waals surface area (Å²) in [5.74, 6) is -0.0197. The molecular weight excluding hydrogens is 336 g/mol. The fraction of sp³-hybridized carbons (Fsp3) is 0.435.